The molecule has 0 amide bonds. The molecule has 1 spiro atoms. The highest BCUT2D eigenvalue weighted by atomic mass is 16.5. The number of hydrogen-bond donors (Lipinski definition) is 1. The lowest BCUT2D eigenvalue weighted by Crippen LogP contribution is -2.52. The molecule has 2 heterocycles. The standard InChI is InChI=1S/C27H37NO2/c1-3-25(2)21-26(17-20-30-25)15-10-18-28(22-26)19-16-27(29,23-11-6-4-7-12-23)24-13-8-5-9-14-24/h4-9,11-14,29H,3,10,15-22H2,1-2H3/t25-,26+/m1/s1. The zero-order chi connectivity index (χ0) is 21.1. The molecule has 0 saturated carbocycles. The molecule has 3 nitrogen and oxygen atoms in total. The van der Waals surface area contributed by atoms with E-state index in [1.54, 1.807) is 0 Å². The second-order valence-electron chi connectivity index (χ2n) is 9.80. The molecule has 2 aromatic carbocycles. The van der Waals surface area contributed by atoms with Gasteiger partial charge in [-0.25, -0.2) is 0 Å². The summed E-state index contributed by atoms with van der Waals surface area (Å²) in [5.41, 5.74) is 1.40. The van der Waals surface area contributed by atoms with Crippen LogP contribution in [0.5, 0.6) is 0 Å². The van der Waals surface area contributed by atoms with Gasteiger partial charge >= 0.3 is 0 Å². The van der Waals surface area contributed by atoms with Crippen LogP contribution >= 0.6 is 0 Å². The molecule has 0 bridgehead atoms. The molecule has 0 aliphatic carbocycles. The van der Waals surface area contributed by atoms with Crippen LogP contribution in [-0.2, 0) is 10.3 Å². The van der Waals surface area contributed by atoms with Crippen molar-refractivity contribution in [3.05, 3.63) is 71.8 Å². The van der Waals surface area contributed by atoms with Gasteiger partial charge in [-0.2, -0.15) is 0 Å². The Morgan fingerprint density at radius 1 is 1.00 bits per heavy atom. The number of likely N-dealkylation sites (tertiary alicyclic amines) is 1. The van der Waals surface area contributed by atoms with Crippen molar-refractivity contribution in [3.8, 4) is 0 Å². The molecule has 1 N–H and O–H groups in total. The van der Waals surface area contributed by atoms with E-state index in [-0.39, 0.29) is 5.60 Å². The molecule has 2 aliphatic heterocycles. The third kappa shape index (κ3) is 4.49. The van der Waals surface area contributed by atoms with E-state index in [4.69, 9.17) is 4.74 Å². The van der Waals surface area contributed by atoms with Gasteiger partial charge in [-0.15, -0.1) is 0 Å². The number of nitrogens with zero attached hydrogens (tertiary/aromatic N) is 1. The number of rotatable bonds is 6. The Kier molecular flexibility index (Phi) is 6.34. The van der Waals surface area contributed by atoms with Gasteiger partial charge in [0.05, 0.1) is 5.60 Å². The first-order chi connectivity index (χ1) is 14.5. The molecule has 2 saturated heterocycles. The Morgan fingerprint density at radius 3 is 2.23 bits per heavy atom. The van der Waals surface area contributed by atoms with E-state index >= 15 is 0 Å². The van der Waals surface area contributed by atoms with Crippen LogP contribution in [0.25, 0.3) is 0 Å². The minimum Gasteiger partial charge on any atom is -0.380 e. The summed E-state index contributed by atoms with van der Waals surface area (Å²) in [4.78, 5) is 2.60. The van der Waals surface area contributed by atoms with Crippen LogP contribution in [0.15, 0.2) is 60.7 Å². The Bertz CT molecular complexity index is 765. The molecule has 2 fully saturated rings. The summed E-state index contributed by atoms with van der Waals surface area (Å²) >= 11 is 0. The molecule has 4 rings (SSSR count). The van der Waals surface area contributed by atoms with Crippen LogP contribution in [0.4, 0.5) is 0 Å². The molecule has 0 unspecified atom stereocenters. The first-order valence-corrected chi connectivity index (χ1v) is 11.7. The van der Waals surface area contributed by atoms with Gasteiger partial charge in [0.25, 0.3) is 0 Å². The van der Waals surface area contributed by atoms with Gasteiger partial charge in [0.2, 0.25) is 0 Å². The topological polar surface area (TPSA) is 32.7 Å². The van der Waals surface area contributed by atoms with Gasteiger partial charge in [-0.05, 0) is 68.5 Å². The fourth-order valence-electron chi connectivity index (χ4n) is 5.73. The number of piperidine rings is 1. The lowest BCUT2D eigenvalue weighted by Gasteiger charge is -2.51. The Labute approximate surface area is 182 Å². The van der Waals surface area contributed by atoms with E-state index in [0.29, 0.717) is 11.8 Å². The zero-order valence-electron chi connectivity index (χ0n) is 18.6. The predicted octanol–water partition coefficient (Wildman–Crippen LogP) is 5.37. The molecule has 162 valence electrons. The highest BCUT2D eigenvalue weighted by molar-refractivity contribution is 5.35. The van der Waals surface area contributed by atoms with Gasteiger partial charge < -0.3 is 14.7 Å². The third-order valence-corrected chi connectivity index (χ3v) is 7.61. The summed E-state index contributed by atoms with van der Waals surface area (Å²) in [7, 11) is 0. The molecule has 3 heteroatoms. The van der Waals surface area contributed by atoms with Crippen LogP contribution in [0, 0.1) is 5.41 Å². The first kappa shape index (κ1) is 21.5. The third-order valence-electron chi connectivity index (χ3n) is 7.61. The smallest absolute Gasteiger partial charge is 0.116 e. The molecule has 2 aliphatic rings. The summed E-state index contributed by atoms with van der Waals surface area (Å²) in [6, 6.07) is 20.3. The van der Waals surface area contributed by atoms with E-state index < -0.39 is 5.60 Å². The van der Waals surface area contributed by atoms with Crippen LogP contribution in [0.1, 0.15) is 63.5 Å². The van der Waals surface area contributed by atoms with Crippen LogP contribution in [0.3, 0.4) is 0 Å². The Balaban J connectivity index is 1.50. The number of benzene rings is 2. The second kappa shape index (κ2) is 8.82. The second-order valence-corrected chi connectivity index (χ2v) is 9.80. The predicted molar refractivity (Wildman–Crippen MR) is 122 cm³/mol. The van der Waals surface area contributed by atoms with E-state index in [9.17, 15) is 5.11 Å². The quantitative estimate of drug-likeness (QED) is 0.698. The van der Waals surface area contributed by atoms with E-state index in [1.165, 1.54) is 19.3 Å². The van der Waals surface area contributed by atoms with Crippen LogP contribution in [0.2, 0.25) is 0 Å². The molecular weight excluding hydrogens is 370 g/mol. The van der Waals surface area contributed by atoms with E-state index in [2.05, 4.69) is 43.0 Å². The fourth-order valence-corrected chi connectivity index (χ4v) is 5.73. The maximum Gasteiger partial charge on any atom is 0.116 e. The maximum absolute atomic E-state index is 11.9. The summed E-state index contributed by atoms with van der Waals surface area (Å²) in [6.45, 7) is 8.59. The van der Waals surface area contributed by atoms with Crippen molar-refractivity contribution in [2.24, 2.45) is 5.41 Å². The minimum atomic E-state index is -0.958. The molecule has 0 radical (unpaired) electrons. The largest absolute Gasteiger partial charge is 0.380 e. The molecule has 0 aromatic heterocycles. The summed E-state index contributed by atoms with van der Waals surface area (Å²) in [5.74, 6) is 0. The van der Waals surface area contributed by atoms with Gasteiger partial charge in [-0.3, -0.25) is 0 Å². The lowest BCUT2D eigenvalue weighted by molar-refractivity contribution is -0.134. The van der Waals surface area contributed by atoms with Crippen molar-refractivity contribution in [1.29, 1.82) is 0 Å². The molecule has 2 aromatic rings. The van der Waals surface area contributed by atoms with Crippen molar-refractivity contribution in [2.45, 2.75) is 63.6 Å². The minimum absolute atomic E-state index is 0.0239. The van der Waals surface area contributed by atoms with Crippen molar-refractivity contribution in [3.63, 3.8) is 0 Å². The van der Waals surface area contributed by atoms with Crippen molar-refractivity contribution in [1.82, 2.24) is 4.90 Å². The lowest BCUT2D eigenvalue weighted by atomic mass is 9.68. The summed E-state index contributed by atoms with van der Waals surface area (Å²) in [5, 5.41) is 11.9. The Hall–Kier alpha value is -1.68. The molecule has 30 heavy (non-hydrogen) atoms. The summed E-state index contributed by atoms with van der Waals surface area (Å²) < 4.78 is 6.15. The van der Waals surface area contributed by atoms with Gasteiger partial charge in [0.1, 0.15) is 5.60 Å². The van der Waals surface area contributed by atoms with Crippen molar-refractivity contribution >= 4 is 0 Å². The first-order valence-electron chi connectivity index (χ1n) is 11.7. The number of aliphatic hydroxyl groups is 1. The Morgan fingerprint density at radius 2 is 1.63 bits per heavy atom. The molecule has 2 atom stereocenters. The van der Waals surface area contributed by atoms with Crippen molar-refractivity contribution in [2.75, 3.05) is 26.2 Å². The number of ether oxygens (including phenoxy) is 1. The van der Waals surface area contributed by atoms with Crippen LogP contribution < -0.4 is 0 Å². The zero-order valence-corrected chi connectivity index (χ0v) is 18.6. The molecular formula is C27H37NO2. The van der Waals surface area contributed by atoms with Crippen LogP contribution in [-0.4, -0.2) is 41.8 Å². The maximum atomic E-state index is 11.9. The normalized spacial score (nSPS) is 28.0. The average Bonchev–Trinajstić information content (AvgIpc) is 2.79. The monoisotopic (exact) mass is 407 g/mol. The fraction of sp³-hybridized carbons (Fsp3) is 0.556. The van der Waals surface area contributed by atoms with Gasteiger partial charge in [-0.1, -0.05) is 67.6 Å². The highest BCUT2D eigenvalue weighted by Gasteiger charge is 2.44. The summed E-state index contributed by atoms with van der Waals surface area (Å²) in [6.07, 6.45) is 6.67. The highest BCUT2D eigenvalue weighted by Crippen LogP contribution is 2.46. The number of hydrogen-bond acceptors (Lipinski definition) is 3. The van der Waals surface area contributed by atoms with Crippen molar-refractivity contribution < 1.29 is 9.84 Å². The van der Waals surface area contributed by atoms with E-state index in [1.807, 2.05) is 36.4 Å². The van der Waals surface area contributed by atoms with Gasteiger partial charge in [0.15, 0.2) is 0 Å². The average molecular weight is 408 g/mol. The van der Waals surface area contributed by atoms with Gasteiger partial charge in [0, 0.05) is 19.7 Å². The SMILES string of the molecule is CC[C@]1(C)C[C@]2(CCCN(CCC(O)(c3ccccc3)c3ccccc3)C2)CCO1. The van der Waals surface area contributed by atoms with E-state index in [0.717, 1.165) is 50.2 Å².